The van der Waals surface area contributed by atoms with Crippen LogP contribution in [0.3, 0.4) is 0 Å². The van der Waals surface area contributed by atoms with E-state index in [1.165, 1.54) is 36.7 Å². The first-order valence-corrected chi connectivity index (χ1v) is 14.6. The third-order valence-electron chi connectivity index (χ3n) is 4.45. The summed E-state index contributed by atoms with van der Waals surface area (Å²) in [4.78, 5) is 7.83. The zero-order valence-electron chi connectivity index (χ0n) is 17.1. The molecular formula is C20H14Cl5N3O4S2. The van der Waals surface area contributed by atoms with Crippen molar-refractivity contribution in [3.63, 3.8) is 0 Å². The number of rotatable bonds is 4. The first-order chi connectivity index (χ1) is 15.8. The molecule has 2 heterocycles. The van der Waals surface area contributed by atoms with E-state index in [0.29, 0.717) is 38.1 Å². The van der Waals surface area contributed by atoms with Gasteiger partial charge in [0.2, 0.25) is 10.0 Å². The molecule has 0 saturated carbocycles. The van der Waals surface area contributed by atoms with Gasteiger partial charge in [0, 0.05) is 51.2 Å². The Morgan fingerprint density at radius 2 is 1.18 bits per heavy atom. The maximum atomic E-state index is 11.9. The van der Waals surface area contributed by atoms with Crippen molar-refractivity contribution in [2.45, 2.75) is 16.7 Å². The lowest BCUT2D eigenvalue weighted by Gasteiger charge is -2.07. The first-order valence-electron chi connectivity index (χ1n) is 9.27. The number of hydrogen-bond acceptors (Lipinski definition) is 6. The maximum Gasteiger partial charge on any atom is 0.261 e. The van der Waals surface area contributed by atoms with Crippen LogP contribution in [0.15, 0.2) is 58.6 Å². The fourth-order valence-electron chi connectivity index (χ4n) is 2.90. The van der Waals surface area contributed by atoms with E-state index < -0.39 is 19.1 Å². The summed E-state index contributed by atoms with van der Waals surface area (Å²) in [7, 11) is -2.07. The third kappa shape index (κ3) is 6.03. The van der Waals surface area contributed by atoms with Crippen molar-refractivity contribution in [3.8, 4) is 0 Å². The highest BCUT2D eigenvalue weighted by molar-refractivity contribution is 8.13. The van der Waals surface area contributed by atoms with Gasteiger partial charge in [-0.3, -0.25) is 0 Å². The van der Waals surface area contributed by atoms with Gasteiger partial charge in [-0.25, -0.2) is 31.5 Å². The van der Waals surface area contributed by atoms with Gasteiger partial charge in [0.25, 0.3) is 9.05 Å². The van der Waals surface area contributed by atoms with E-state index in [4.69, 9.17) is 57.1 Å². The normalized spacial score (nSPS) is 11.9. The minimum atomic E-state index is -3.78. The summed E-state index contributed by atoms with van der Waals surface area (Å²) in [6.45, 7) is 2.03. The van der Waals surface area contributed by atoms with Gasteiger partial charge in [-0.15, -0.1) is 0 Å². The Morgan fingerprint density at radius 1 is 0.735 bits per heavy atom. The predicted octanol–water partition coefficient (Wildman–Crippen LogP) is 6.31. The zero-order valence-corrected chi connectivity index (χ0v) is 22.5. The maximum absolute atomic E-state index is 11.9. The van der Waals surface area contributed by atoms with Crippen molar-refractivity contribution in [1.29, 1.82) is 0 Å². The van der Waals surface area contributed by atoms with Crippen LogP contribution in [0.1, 0.15) is 6.92 Å². The Bertz CT molecular complexity index is 1610. The van der Waals surface area contributed by atoms with Gasteiger partial charge in [0.05, 0.1) is 19.8 Å². The molecule has 0 radical (unpaired) electrons. The zero-order chi connectivity index (χ0) is 25.3. The molecule has 7 nitrogen and oxygen atoms in total. The molecule has 0 aliphatic rings. The summed E-state index contributed by atoms with van der Waals surface area (Å²) in [6.07, 6.45) is 2.84. The Morgan fingerprint density at radius 3 is 1.62 bits per heavy atom. The summed E-state index contributed by atoms with van der Waals surface area (Å²) in [5.74, 6) is 0. The highest BCUT2D eigenvalue weighted by Crippen LogP contribution is 2.31. The standard InChI is InChI=1S/C11H10Cl2N2O2S.C9H4Cl3NO2S/c1-2-15-18(16,17)7-3-4-8-9(5-7)11(13)14-6-10(8)12;10-8-4-13-9(11)7-3-5(16(12,14)15)1-2-6(7)8/h3-6,15H,2H2,1H3;1-4H. The van der Waals surface area contributed by atoms with Crippen molar-refractivity contribution in [2.75, 3.05) is 6.54 Å². The van der Waals surface area contributed by atoms with Crippen LogP contribution in [-0.2, 0) is 19.1 Å². The fourth-order valence-corrected chi connectivity index (χ4v) is 5.58. The van der Waals surface area contributed by atoms with Crippen LogP contribution in [0, 0.1) is 0 Å². The number of nitrogens with one attached hydrogen (secondary N) is 1. The van der Waals surface area contributed by atoms with E-state index in [0.717, 1.165) is 0 Å². The average Bonchev–Trinajstić information content (AvgIpc) is 2.78. The SMILES string of the molecule is CCNS(=O)(=O)c1ccc2c(Cl)cnc(Cl)c2c1.O=S(=O)(Cl)c1ccc2c(Cl)cnc(Cl)c2c1. The summed E-state index contributed by atoms with van der Waals surface area (Å²) in [6, 6.07) is 8.83. The molecule has 0 aliphatic heterocycles. The molecule has 0 atom stereocenters. The second kappa shape index (κ2) is 10.7. The van der Waals surface area contributed by atoms with Crippen molar-refractivity contribution in [3.05, 3.63) is 69.1 Å². The Kier molecular flexibility index (Phi) is 8.53. The van der Waals surface area contributed by atoms with Crippen molar-refractivity contribution >= 4 is 97.7 Å². The van der Waals surface area contributed by atoms with E-state index in [1.807, 2.05) is 0 Å². The molecule has 0 saturated heterocycles. The Labute approximate surface area is 220 Å². The van der Waals surface area contributed by atoms with Crippen LogP contribution in [0.5, 0.6) is 0 Å². The van der Waals surface area contributed by atoms with Crippen molar-refractivity contribution in [1.82, 2.24) is 14.7 Å². The van der Waals surface area contributed by atoms with Crippen molar-refractivity contribution in [2.24, 2.45) is 0 Å². The van der Waals surface area contributed by atoms with Crippen LogP contribution >= 0.6 is 57.1 Å². The average molecular weight is 602 g/mol. The second-order valence-electron chi connectivity index (χ2n) is 6.65. The Balaban J connectivity index is 0.000000192. The van der Waals surface area contributed by atoms with E-state index in [1.54, 1.807) is 19.1 Å². The molecule has 2 aromatic carbocycles. The molecule has 0 unspecified atom stereocenters. The number of fused-ring (bicyclic) bond motifs is 2. The van der Waals surface area contributed by atoms with Gasteiger partial charge in [-0.1, -0.05) is 65.5 Å². The van der Waals surface area contributed by atoms with Gasteiger partial charge in [0.1, 0.15) is 10.3 Å². The first kappa shape index (κ1) is 27.2. The molecule has 180 valence electrons. The molecule has 2 aromatic heterocycles. The lowest BCUT2D eigenvalue weighted by Crippen LogP contribution is -2.23. The summed E-state index contributed by atoms with van der Waals surface area (Å²) in [5, 5.41) is 3.51. The van der Waals surface area contributed by atoms with Gasteiger partial charge < -0.3 is 0 Å². The number of pyridine rings is 2. The van der Waals surface area contributed by atoms with Crippen LogP contribution in [0.25, 0.3) is 21.5 Å². The number of hydrogen-bond donors (Lipinski definition) is 1. The number of nitrogens with zero attached hydrogens (tertiary/aromatic N) is 2. The summed E-state index contributed by atoms with van der Waals surface area (Å²) < 4.78 is 48.4. The highest BCUT2D eigenvalue weighted by Gasteiger charge is 2.15. The van der Waals surface area contributed by atoms with Gasteiger partial charge in [-0.2, -0.15) is 0 Å². The molecule has 0 fully saturated rings. The molecule has 4 aromatic rings. The van der Waals surface area contributed by atoms with Gasteiger partial charge in [0.15, 0.2) is 0 Å². The lowest BCUT2D eigenvalue weighted by molar-refractivity contribution is 0.584. The molecule has 4 rings (SSSR count). The largest absolute Gasteiger partial charge is 0.261 e. The minimum absolute atomic E-state index is 0.0346. The number of halogens is 5. The quantitative estimate of drug-likeness (QED) is 0.217. The van der Waals surface area contributed by atoms with Crippen molar-refractivity contribution < 1.29 is 16.8 Å². The summed E-state index contributed by atoms with van der Waals surface area (Å²) >= 11 is 23.6. The predicted molar refractivity (Wildman–Crippen MR) is 137 cm³/mol. The molecule has 0 amide bonds. The molecule has 0 spiro atoms. The smallest absolute Gasteiger partial charge is 0.242 e. The Hall–Kier alpha value is -1.43. The monoisotopic (exact) mass is 599 g/mol. The third-order valence-corrected chi connectivity index (χ3v) is 8.55. The highest BCUT2D eigenvalue weighted by atomic mass is 35.7. The topological polar surface area (TPSA) is 106 Å². The van der Waals surface area contributed by atoms with Crippen LogP contribution < -0.4 is 4.72 Å². The van der Waals surface area contributed by atoms with E-state index in [-0.39, 0.29) is 20.1 Å². The van der Waals surface area contributed by atoms with Crippen LogP contribution in [-0.4, -0.2) is 33.3 Å². The number of benzene rings is 2. The number of aromatic nitrogens is 2. The molecule has 1 N–H and O–H groups in total. The van der Waals surface area contributed by atoms with E-state index in [2.05, 4.69) is 14.7 Å². The molecule has 14 heteroatoms. The van der Waals surface area contributed by atoms with E-state index >= 15 is 0 Å². The lowest BCUT2D eigenvalue weighted by atomic mass is 10.2. The fraction of sp³-hybridized carbons (Fsp3) is 0.100. The van der Waals surface area contributed by atoms with Crippen LogP contribution in [0.2, 0.25) is 20.4 Å². The summed E-state index contributed by atoms with van der Waals surface area (Å²) in [5.41, 5.74) is 0. The number of sulfonamides is 1. The molecule has 34 heavy (non-hydrogen) atoms. The second-order valence-corrected chi connectivity index (χ2v) is 12.5. The molecular weight excluding hydrogens is 588 g/mol. The molecule has 0 aliphatic carbocycles. The van der Waals surface area contributed by atoms with Crippen LogP contribution in [0.4, 0.5) is 0 Å². The van der Waals surface area contributed by atoms with E-state index in [9.17, 15) is 16.8 Å². The van der Waals surface area contributed by atoms with Gasteiger partial charge in [-0.05, 0) is 24.3 Å². The molecule has 0 bridgehead atoms. The van der Waals surface area contributed by atoms with Gasteiger partial charge >= 0.3 is 0 Å². The minimum Gasteiger partial charge on any atom is -0.242 e.